The third-order valence-electron chi connectivity index (χ3n) is 3.57. The Morgan fingerprint density at radius 2 is 1.88 bits per heavy atom. The second-order valence-corrected chi connectivity index (χ2v) is 5.19. The average molecular weight is 316 g/mol. The number of pyridine rings is 1. The normalized spacial score (nSPS) is 10.0. The fourth-order valence-electron chi connectivity index (χ4n) is 2.38. The fraction of sp³-hybridized carbons (Fsp3) is 0.100. The molecule has 0 aliphatic rings. The minimum Gasteiger partial charge on any atom is -0.489 e. The van der Waals surface area contributed by atoms with E-state index in [0.29, 0.717) is 18.1 Å². The van der Waals surface area contributed by atoms with Gasteiger partial charge in [-0.2, -0.15) is 5.26 Å². The predicted octanol–water partition coefficient (Wildman–Crippen LogP) is 4.21. The van der Waals surface area contributed by atoms with E-state index in [4.69, 9.17) is 14.7 Å². The van der Waals surface area contributed by atoms with Crippen molar-refractivity contribution in [2.75, 3.05) is 7.11 Å². The van der Waals surface area contributed by atoms with Crippen LogP contribution in [0.25, 0.3) is 11.1 Å². The summed E-state index contributed by atoms with van der Waals surface area (Å²) in [5.41, 5.74) is 3.25. The lowest BCUT2D eigenvalue weighted by molar-refractivity contribution is 0.306. The predicted molar refractivity (Wildman–Crippen MR) is 91.7 cm³/mol. The van der Waals surface area contributed by atoms with Crippen LogP contribution >= 0.6 is 0 Å². The number of aromatic nitrogens is 1. The van der Waals surface area contributed by atoms with Gasteiger partial charge in [0.1, 0.15) is 18.4 Å². The summed E-state index contributed by atoms with van der Waals surface area (Å²) in [6, 6.07) is 21.5. The van der Waals surface area contributed by atoms with Crippen LogP contribution in [-0.2, 0) is 6.61 Å². The Kier molecular flexibility index (Phi) is 4.73. The molecule has 0 N–H and O–H groups in total. The van der Waals surface area contributed by atoms with Crippen molar-refractivity contribution in [2.45, 2.75) is 6.61 Å². The smallest absolute Gasteiger partial charge is 0.221 e. The Morgan fingerprint density at radius 1 is 1.04 bits per heavy atom. The van der Waals surface area contributed by atoms with Gasteiger partial charge in [0.25, 0.3) is 0 Å². The molecule has 4 heteroatoms. The standard InChI is InChI=1S/C20H16N2O2/c1-23-20-19(10-16(12-21)13-22-20)17-8-5-9-18(11-17)24-14-15-6-3-2-4-7-15/h2-11,13H,14H2,1H3. The van der Waals surface area contributed by atoms with E-state index in [2.05, 4.69) is 11.1 Å². The van der Waals surface area contributed by atoms with Gasteiger partial charge in [-0.05, 0) is 29.3 Å². The highest BCUT2D eigenvalue weighted by molar-refractivity contribution is 5.71. The molecule has 0 saturated heterocycles. The molecule has 24 heavy (non-hydrogen) atoms. The summed E-state index contributed by atoms with van der Waals surface area (Å²) >= 11 is 0. The monoisotopic (exact) mass is 316 g/mol. The first-order chi connectivity index (χ1) is 11.8. The lowest BCUT2D eigenvalue weighted by Crippen LogP contribution is -1.96. The number of ether oxygens (including phenoxy) is 2. The van der Waals surface area contributed by atoms with Crippen LogP contribution in [0.4, 0.5) is 0 Å². The van der Waals surface area contributed by atoms with Gasteiger partial charge < -0.3 is 9.47 Å². The molecule has 2 aromatic carbocycles. The van der Waals surface area contributed by atoms with Gasteiger partial charge >= 0.3 is 0 Å². The van der Waals surface area contributed by atoms with Crippen molar-refractivity contribution in [3.05, 3.63) is 78.0 Å². The van der Waals surface area contributed by atoms with Crippen molar-refractivity contribution in [1.29, 1.82) is 5.26 Å². The Morgan fingerprint density at radius 3 is 2.62 bits per heavy atom. The molecule has 1 aromatic heterocycles. The molecule has 1 heterocycles. The van der Waals surface area contributed by atoms with Gasteiger partial charge in [-0.15, -0.1) is 0 Å². The Labute approximate surface area is 140 Å². The quantitative estimate of drug-likeness (QED) is 0.707. The highest BCUT2D eigenvalue weighted by Gasteiger charge is 2.10. The van der Waals surface area contributed by atoms with Crippen molar-refractivity contribution in [2.24, 2.45) is 0 Å². The summed E-state index contributed by atoms with van der Waals surface area (Å²) in [6.07, 6.45) is 1.50. The van der Waals surface area contributed by atoms with Gasteiger partial charge in [0.05, 0.1) is 12.7 Å². The molecule has 0 spiro atoms. The maximum absolute atomic E-state index is 9.08. The van der Waals surface area contributed by atoms with Crippen molar-refractivity contribution in [1.82, 2.24) is 4.98 Å². The first-order valence-electron chi connectivity index (χ1n) is 7.51. The van der Waals surface area contributed by atoms with E-state index in [0.717, 1.165) is 22.4 Å². The molecular weight excluding hydrogens is 300 g/mol. The summed E-state index contributed by atoms with van der Waals surface area (Å²) in [5, 5.41) is 9.08. The van der Waals surface area contributed by atoms with Crippen LogP contribution in [0.15, 0.2) is 66.9 Å². The van der Waals surface area contributed by atoms with Crippen molar-refractivity contribution in [3.63, 3.8) is 0 Å². The van der Waals surface area contributed by atoms with Crippen LogP contribution in [-0.4, -0.2) is 12.1 Å². The van der Waals surface area contributed by atoms with Crippen LogP contribution in [0, 0.1) is 11.3 Å². The molecule has 3 rings (SSSR count). The molecule has 0 radical (unpaired) electrons. The molecule has 3 aromatic rings. The number of nitriles is 1. The van der Waals surface area contributed by atoms with E-state index in [1.165, 1.54) is 6.20 Å². The van der Waals surface area contributed by atoms with Gasteiger partial charge in [0.15, 0.2) is 0 Å². The molecule has 0 unspecified atom stereocenters. The second-order valence-electron chi connectivity index (χ2n) is 5.19. The number of nitrogens with zero attached hydrogens (tertiary/aromatic N) is 2. The summed E-state index contributed by atoms with van der Waals surface area (Å²) in [4.78, 5) is 4.18. The fourth-order valence-corrected chi connectivity index (χ4v) is 2.38. The molecule has 0 atom stereocenters. The minimum atomic E-state index is 0.481. The molecule has 0 fully saturated rings. The van der Waals surface area contributed by atoms with E-state index in [1.54, 1.807) is 13.2 Å². The van der Waals surface area contributed by atoms with Crippen LogP contribution in [0.5, 0.6) is 11.6 Å². The van der Waals surface area contributed by atoms with Crippen molar-refractivity contribution >= 4 is 0 Å². The van der Waals surface area contributed by atoms with E-state index < -0.39 is 0 Å². The zero-order valence-corrected chi connectivity index (χ0v) is 13.3. The molecule has 0 saturated carbocycles. The topological polar surface area (TPSA) is 55.1 Å². The lowest BCUT2D eigenvalue weighted by atomic mass is 10.1. The highest BCUT2D eigenvalue weighted by Crippen LogP contribution is 2.31. The number of benzene rings is 2. The van der Waals surface area contributed by atoms with Crippen LogP contribution in [0.1, 0.15) is 11.1 Å². The van der Waals surface area contributed by atoms with Crippen molar-refractivity contribution < 1.29 is 9.47 Å². The third kappa shape index (κ3) is 3.53. The van der Waals surface area contributed by atoms with Gasteiger partial charge in [0, 0.05) is 11.8 Å². The van der Waals surface area contributed by atoms with Gasteiger partial charge in [-0.3, -0.25) is 0 Å². The Bertz CT molecular complexity index is 870. The molecule has 118 valence electrons. The first kappa shape index (κ1) is 15.6. The van der Waals surface area contributed by atoms with Crippen LogP contribution in [0.2, 0.25) is 0 Å². The van der Waals surface area contributed by atoms with Gasteiger partial charge in [-0.25, -0.2) is 4.98 Å². The van der Waals surface area contributed by atoms with Crippen LogP contribution < -0.4 is 9.47 Å². The summed E-state index contributed by atoms with van der Waals surface area (Å²) < 4.78 is 11.2. The average Bonchev–Trinajstić information content (AvgIpc) is 2.67. The van der Waals surface area contributed by atoms with E-state index in [-0.39, 0.29) is 0 Å². The Balaban J connectivity index is 1.87. The summed E-state index contributed by atoms with van der Waals surface area (Å²) in [6.45, 7) is 0.498. The summed E-state index contributed by atoms with van der Waals surface area (Å²) in [5.74, 6) is 1.23. The second kappa shape index (κ2) is 7.30. The lowest BCUT2D eigenvalue weighted by Gasteiger charge is -2.10. The third-order valence-corrected chi connectivity index (χ3v) is 3.57. The molecule has 0 aliphatic carbocycles. The maximum Gasteiger partial charge on any atom is 0.221 e. The number of hydrogen-bond donors (Lipinski definition) is 0. The van der Waals surface area contributed by atoms with Gasteiger partial charge in [-0.1, -0.05) is 42.5 Å². The Hall–Kier alpha value is -3.32. The summed E-state index contributed by atoms with van der Waals surface area (Å²) in [7, 11) is 1.56. The van der Waals surface area contributed by atoms with E-state index in [9.17, 15) is 0 Å². The molecule has 0 bridgehead atoms. The molecule has 0 aliphatic heterocycles. The number of methoxy groups -OCH3 is 1. The number of hydrogen-bond acceptors (Lipinski definition) is 4. The van der Waals surface area contributed by atoms with Crippen molar-refractivity contribution in [3.8, 4) is 28.8 Å². The largest absolute Gasteiger partial charge is 0.489 e. The van der Waals surface area contributed by atoms with E-state index in [1.807, 2.05) is 54.6 Å². The van der Waals surface area contributed by atoms with Gasteiger partial charge in [0.2, 0.25) is 5.88 Å². The molecular formula is C20H16N2O2. The SMILES string of the molecule is COc1ncc(C#N)cc1-c1cccc(OCc2ccccc2)c1. The highest BCUT2D eigenvalue weighted by atomic mass is 16.5. The molecule has 4 nitrogen and oxygen atoms in total. The zero-order valence-electron chi connectivity index (χ0n) is 13.3. The maximum atomic E-state index is 9.08. The zero-order chi connectivity index (χ0) is 16.8. The molecule has 0 amide bonds. The van der Waals surface area contributed by atoms with E-state index >= 15 is 0 Å². The minimum absolute atomic E-state index is 0.481. The first-order valence-corrected chi connectivity index (χ1v) is 7.51. The number of rotatable bonds is 5. The van der Waals surface area contributed by atoms with Crippen LogP contribution in [0.3, 0.4) is 0 Å².